The van der Waals surface area contributed by atoms with Crippen molar-refractivity contribution >= 4 is 21.0 Å². The van der Waals surface area contributed by atoms with Gasteiger partial charge in [-0.3, -0.25) is 0 Å². The van der Waals surface area contributed by atoms with Crippen molar-refractivity contribution in [2.75, 3.05) is 23.0 Å². The van der Waals surface area contributed by atoms with Gasteiger partial charge in [0.25, 0.3) is 0 Å². The van der Waals surface area contributed by atoms with Gasteiger partial charge < -0.3 is 4.55 Å². The van der Waals surface area contributed by atoms with Gasteiger partial charge in [0, 0.05) is 0 Å². The largest absolute Gasteiger partial charge is 0.616 e. The molecule has 5 heteroatoms. The van der Waals surface area contributed by atoms with Crippen molar-refractivity contribution in [1.29, 1.82) is 0 Å². The molecule has 0 unspecified atom stereocenters. The predicted octanol–water partition coefficient (Wildman–Crippen LogP) is 0.970. The highest BCUT2D eigenvalue weighted by Crippen LogP contribution is 2.08. The Kier molecular flexibility index (Phi) is 6.81. The molecule has 0 radical (unpaired) electrons. The molecule has 0 bridgehead atoms. The summed E-state index contributed by atoms with van der Waals surface area (Å²) < 4.78 is 31.2. The molecule has 3 nitrogen and oxygen atoms in total. The van der Waals surface area contributed by atoms with Crippen molar-refractivity contribution in [2.45, 2.75) is 26.7 Å². The third-order valence-electron chi connectivity index (χ3n) is 1.80. The maximum Gasteiger partial charge on any atom is 0.150 e. The van der Waals surface area contributed by atoms with E-state index in [1.165, 1.54) is 0 Å². The Bertz CT molecular complexity index is 195. The Morgan fingerprint density at radius 2 is 1.54 bits per heavy atom. The van der Waals surface area contributed by atoms with Crippen molar-refractivity contribution < 1.29 is 13.0 Å². The molecule has 13 heavy (non-hydrogen) atoms. The molecule has 0 aromatic carbocycles. The Balaban J connectivity index is 0.000000226. The third-order valence-corrected chi connectivity index (χ3v) is 4.91. The van der Waals surface area contributed by atoms with Crippen LogP contribution in [0.1, 0.15) is 26.7 Å². The second-order valence-corrected chi connectivity index (χ2v) is 7.21. The van der Waals surface area contributed by atoms with E-state index < -0.39 is 21.0 Å². The van der Waals surface area contributed by atoms with Gasteiger partial charge in [0.2, 0.25) is 0 Å². The Hall–Kier alpha value is 0.260. The Labute approximate surface area is 84.0 Å². The summed E-state index contributed by atoms with van der Waals surface area (Å²) in [6.45, 7) is 3.86. The van der Waals surface area contributed by atoms with Crippen LogP contribution in [0.4, 0.5) is 0 Å². The van der Waals surface area contributed by atoms with Gasteiger partial charge in [-0.05, 0) is 26.7 Å². The smallest absolute Gasteiger partial charge is 0.150 e. The van der Waals surface area contributed by atoms with Crippen molar-refractivity contribution in [1.82, 2.24) is 0 Å². The van der Waals surface area contributed by atoms with Gasteiger partial charge in [-0.1, -0.05) is 11.2 Å². The minimum absolute atomic E-state index is 0.424. The first kappa shape index (κ1) is 13.3. The second-order valence-electron chi connectivity index (χ2n) is 2.88. The lowest BCUT2D eigenvalue weighted by atomic mass is 10.4. The molecule has 1 heterocycles. The molecule has 0 amide bonds. The molecule has 1 saturated heterocycles. The van der Waals surface area contributed by atoms with Crippen LogP contribution in [0.2, 0.25) is 0 Å². The molecule has 80 valence electrons. The normalized spacial score (nSPS) is 19.7. The lowest BCUT2D eigenvalue weighted by molar-refractivity contribution is 0.597. The molecule has 0 aromatic rings. The molecule has 0 aromatic heterocycles. The number of rotatable bonds is 2. The standard InChI is InChI=1S/C4H8O2S.C4H10OS/c5-7(6)3-1-2-4-7;1-3-6(5)4-2/h1-4H2;3-4H2,1-2H3. The van der Waals surface area contributed by atoms with E-state index in [2.05, 4.69) is 0 Å². The lowest BCUT2D eigenvalue weighted by Crippen LogP contribution is -2.04. The van der Waals surface area contributed by atoms with Crippen LogP contribution in [0, 0.1) is 0 Å². The summed E-state index contributed by atoms with van der Waals surface area (Å²) in [4.78, 5) is 0. The van der Waals surface area contributed by atoms with E-state index in [9.17, 15) is 13.0 Å². The van der Waals surface area contributed by atoms with Crippen LogP contribution in [0.15, 0.2) is 0 Å². The van der Waals surface area contributed by atoms with Gasteiger partial charge in [0.15, 0.2) is 0 Å². The zero-order chi connectivity index (χ0) is 10.3. The first-order valence-corrected chi connectivity index (χ1v) is 7.88. The molecule has 0 aliphatic carbocycles. The van der Waals surface area contributed by atoms with Crippen LogP contribution in [-0.2, 0) is 21.0 Å². The highest BCUT2D eigenvalue weighted by atomic mass is 32.2. The quantitative estimate of drug-likeness (QED) is 0.659. The van der Waals surface area contributed by atoms with Crippen molar-refractivity contribution in [2.24, 2.45) is 0 Å². The van der Waals surface area contributed by atoms with E-state index in [4.69, 9.17) is 0 Å². The third kappa shape index (κ3) is 7.34. The fraction of sp³-hybridized carbons (Fsp3) is 1.00. The molecule has 0 saturated carbocycles. The predicted molar refractivity (Wildman–Crippen MR) is 57.1 cm³/mol. The van der Waals surface area contributed by atoms with E-state index in [0.29, 0.717) is 11.5 Å². The summed E-state index contributed by atoms with van der Waals surface area (Å²) in [6.07, 6.45) is 1.75. The molecular weight excluding hydrogens is 208 g/mol. The zero-order valence-corrected chi connectivity index (χ0v) is 9.92. The summed E-state index contributed by atoms with van der Waals surface area (Å²) >= 11 is -0.534. The van der Waals surface area contributed by atoms with Crippen molar-refractivity contribution in [3.05, 3.63) is 0 Å². The van der Waals surface area contributed by atoms with Gasteiger partial charge in [-0.2, -0.15) is 0 Å². The lowest BCUT2D eigenvalue weighted by Gasteiger charge is -2.01. The second kappa shape index (κ2) is 6.68. The molecule has 0 atom stereocenters. The van der Waals surface area contributed by atoms with Gasteiger partial charge in [0.05, 0.1) is 11.5 Å². The average Bonchev–Trinajstić information content (AvgIpc) is 2.49. The van der Waals surface area contributed by atoms with E-state index in [0.717, 1.165) is 24.3 Å². The average molecular weight is 226 g/mol. The van der Waals surface area contributed by atoms with Crippen LogP contribution < -0.4 is 0 Å². The molecule has 1 rings (SSSR count). The van der Waals surface area contributed by atoms with E-state index in [-0.39, 0.29) is 0 Å². The Morgan fingerprint density at radius 3 is 1.62 bits per heavy atom. The number of hydrogen-bond acceptors (Lipinski definition) is 3. The van der Waals surface area contributed by atoms with Gasteiger partial charge in [0.1, 0.15) is 21.3 Å². The van der Waals surface area contributed by atoms with Crippen molar-refractivity contribution in [3.63, 3.8) is 0 Å². The molecule has 1 fully saturated rings. The van der Waals surface area contributed by atoms with E-state index in [1.807, 2.05) is 13.8 Å². The van der Waals surface area contributed by atoms with Gasteiger partial charge in [-0.25, -0.2) is 8.42 Å². The van der Waals surface area contributed by atoms with Crippen LogP contribution in [0.3, 0.4) is 0 Å². The fourth-order valence-corrected chi connectivity index (χ4v) is 2.85. The van der Waals surface area contributed by atoms with Crippen LogP contribution in [0.25, 0.3) is 0 Å². The Morgan fingerprint density at radius 1 is 1.15 bits per heavy atom. The minimum atomic E-state index is -2.55. The number of sulfone groups is 1. The summed E-state index contributed by atoms with van der Waals surface area (Å²) in [5.41, 5.74) is 0. The molecule has 0 N–H and O–H groups in total. The van der Waals surface area contributed by atoms with Crippen LogP contribution in [-0.4, -0.2) is 36.0 Å². The van der Waals surface area contributed by atoms with Crippen LogP contribution in [0.5, 0.6) is 0 Å². The van der Waals surface area contributed by atoms with Crippen LogP contribution >= 0.6 is 0 Å². The van der Waals surface area contributed by atoms with E-state index >= 15 is 0 Å². The molecular formula is C8H18O3S2. The molecule has 1 aliphatic heterocycles. The summed E-state index contributed by atoms with van der Waals surface area (Å²) in [7, 11) is -2.55. The SMILES string of the molecule is CC[S+]([O-])CC.O=S1(=O)CCCC1. The zero-order valence-electron chi connectivity index (χ0n) is 8.28. The highest BCUT2D eigenvalue weighted by Gasteiger charge is 2.16. The van der Waals surface area contributed by atoms with E-state index in [1.54, 1.807) is 0 Å². The highest BCUT2D eigenvalue weighted by molar-refractivity contribution is 7.91. The summed E-state index contributed by atoms with van der Waals surface area (Å²) in [5.74, 6) is 2.45. The molecule has 1 aliphatic rings. The van der Waals surface area contributed by atoms with Gasteiger partial charge >= 0.3 is 0 Å². The maximum atomic E-state index is 10.4. The van der Waals surface area contributed by atoms with Crippen molar-refractivity contribution in [3.8, 4) is 0 Å². The van der Waals surface area contributed by atoms with Gasteiger partial charge in [-0.15, -0.1) is 0 Å². The number of hydrogen-bond donors (Lipinski definition) is 0. The molecule has 0 spiro atoms. The topological polar surface area (TPSA) is 57.2 Å². The summed E-state index contributed by atoms with van der Waals surface area (Å²) in [5, 5.41) is 0. The minimum Gasteiger partial charge on any atom is -0.616 e. The summed E-state index contributed by atoms with van der Waals surface area (Å²) in [6, 6.07) is 0. The monoisotopic (exact) mass is 226 g/mol. The fourth-order valence-electron chi connectivity index (χ4n) is 0.950. The first-order chi connectivity index (χ1) is 6.02. The maximum absolute atomic E-state index is 10.4. The first-order valence-electron chi connectivity index (χ1n) is 4.57.